The van der Waals surface area contributed by atoms with E-state index in [1.165, 1.54) is 17.7 Å². The summed E-state index contributed by atoms with van der Waals surface area (Å²) in [5.41, 5.74) is 8.40. The van der Waals surface area contributed by atoms with Crippen molar-refractivity contribution in [2.24, 2.45) is 5.10 Å². The van der Waals surface area contributed by atoms with Gasteiger partial charge in [-0.25, -0.2) is 0 Å². The predicted octanol–water partition coefficient (Wildman–Crippen LogP) is 6.10. The fourth-order valence-electron chi connectivity index (χ4n) is 5.12. The van der Waals surface area contributed by atoms with Crippen LogP contribution in [0, 0.1) is 17.0 Å². The van der Waals surface area contributed by atoms with Crippen molar-refractivity contribution in [3.05, 3.63) is 117 Å². The molecule has 8 heteroatoms. The fraction of sp³-hybridized carbons (Fsp3) is 0.172. The number of hydrogen-bond donors (Lipinski definition) is 1. The molecule has 0 fully saturated rings. The molecule has 37 heavy (non-hydrogen) atoms. The molecule has 5 rings (SSSR count). The van der Waals surface area contributed by atoms with Crippen LogP contribution in [0.25, 0.3) is 5.52 Å². The van der Waals surface area contributed by atoms with E-state index in [1.807, 2.05) is 62.6 Å². The second kappa shape index (κ2) is 9.05. The molecular formula is C29H27N5O3. The van der Waals surface area contributed by atoms with Crippen molar-refractivity contribution in [3.8, 4) is 0 Å². The topological polar surface area (TPSA) is 92.2 Å². The summed E-state index contributed by atoms with van der Waals surface area (Å²) < 4.78 is 1.80. The first-order valence-corrected chi connectivity index (χ1v) is 11.9. The molecule has 2 aromatic heterocycles. The number of para-hydroxylation sites is 1. The van der Waals surface area contributed by atoms with E-state index in [0.29, 0.717) is 5.69 Å². The average molecular weight is 494 g/mol. The van der Waals surface area contributed by atoms with Crippen LogP contribution < -0.4 is 10.3 Å². The summed E-state index contributed by atoms with van der Waals surface area (Å²) in [6, 6.07) is 20.2. The second-order valence-electron chi connectivity index (χ2n) is 9.63. The van der Waals surface area contributed by atoms with Crippen molar-refractivity contribution >= 4 is 34.6 Å². The zero-order valence-corrected chi connectivity index (χ0v) is 21.1. The standard InChI is InChI=1S/C29H27N5O3/c1-19-17-21-9-7-8-16-33(21)27(19)28(35)20-12-13-23(25(18-20)34(36)37)31-30-15-14-26-29(2,3)22-10-5-6-11-24(22)32(26)4/h5-18,31H,1-4H3. The van der Waals surface area contributed by atoms with Gasteiger partial charge in [0.2, 0.25) is 5.78 Å². The normalized spacial score (nSPS) is 15.5. The summed E-state index contributed by atoms with van der Waals surface area (Å²) >= 11 is 0. The van der Waals surface area contributed by atoms with Crippen LogP contribution in [-0.4, -0.2) is 28.4 Å². The number of carbonyl (C=O) groups is 1. The van der Waals surface area contributed by atoms with Gasteiger partial charge >= 0.3 is 0 Å². The Bertz CT molecular complexity index is 1610. The molecule has 3 heterocycles. The summed E-state index contributed by atoms with van der Waals surface area (Å²) in [4.78, 5) is 26.8. The summed E-state index contributed by atoms with van der Waals surface area (Å²) in [5, 5.41) is 16.1. The van der Waals surface area contributed by atoms with Crippen LogP contribution in [0.5, 0.6) is 0 Å². The number of nitrogens with zero attached hydrogens (tertiary/aromatic N) is 4. The van der Waals surface area contributed by atoms with Crippen LogP contribution in [0.3, 0.4) is 0 Å². The third-order valence-electron chi connectivity index (χ3n) is 6.97. The van der Waals surface area contributed by atoms with Crippen molar-refractivity contribution in [2.45, 2.75) is 26.2 Å². The smallest absolute Gasteiger partial charge is 0.294 e. The largest absolute Gasteiger partial charge is 0.347 e. The molecule has 1 aliphatic heterocycles. The maximum Gasteiger partial charge on any atom is 0.294 e. The number of ketones is 1. The molecule has 2 aromatic carbocycles. The van der Waals surface area contributed by atoms with Crippen molar-refractivity contribution in [2.75, 3.05) is 17.4 Å². The number of nitrogens with one attached hydrogen (secondary N) is 1. The number of carbonyl (C=O) groups excluding carboxylic acids is 1. The van der Waals surface area contributed by atoms with Crippen molar-refractivity contribution in [1.29, 1.82) is 0 Å². The van der Waals surface area contributed by atoms with Crippen molar-refractivity contribution in [3.63, 3.8) is 0 Å². The minimum absolute atomic E-state index is 0.202. The number of aromatic nitrogens is 1. The molecule has 0 atom stereocenters. The molecule has 0 bridgehead atoms. The number of aryl methyl sites for hydroxylation is 1. The fourth-order valence-corrected chi connectivity index (χ4v) is 5.12. The van der Waals surface area contributed by atoms with Crippen LogP contribution >= 0.6 is 0 Å². The maximum absolute atomic E-state index is 13.3. The lowest BCUT2D eigenvalue weighted by Gasteiger charge is -2.23. The Morgan fingerprint density at radius 1 is 1.08 bits per heavy atom. The van der Waals surface area contributed by atoms with Gasteiger partial charge < -0.3 is 9.30 Å². The van der Waals surface area contributed by atoms with Crippen LogP contribution in [-0.2, 0) is 5.41 Å². The highest BCUT2D eigenvalue weighted by molar-refractivity contribution is 6.10. The number of hydrogen-bond acceptors (Lipinski definition) is 6. The van der Waals surface area contributed by atoms with Crippen LogP contribution in [0.2, 0.25) is 0 Å². The number of hydrazone groups is 1. The molecule has 0 unspecified atom stereocenters. The van der Waals surface area contributed by atoms with E-state index in [9.17, 15) is 14.9 Å². The van der Waals surface area contributed by atoms with E-state index in [1.54, 1.807) is 16.7 Å². The Balaban J connectivity index is 1.40. The molecule has 1 N–H and O–H groups in total. The quantitative estimate of drug-likeness (QED) is 0.152. The second-order valence-corrected chi connectivity index (χ2v) is 9.63. The predicted molar refractivity (Wildman–Crippen MR) is 147 cm³/mol. The van der Waals surface area contributed by atoms with E-state index in [-0.39, 0.29) is 28.1 Å². The van der Waals surface area contributed by atoms with E-state index in [4.69, 9.17) is 0 Å². The maximum atomic E-state index is 13.3. The van der Waals surface area contributed by atoms with E-state index in [0.717, 1.165) is 22.5 Å². The lowest BCUT2D eigenvalue weighted by Crippen LogP contribution is -2.23. The molecule has 186 valence electrons. The van der Waals surface area contributed by atoms with Gasteiger partial charge in [-0.15, -0.1) is 0 Å². The van der Waals surface area contributed by atoms with Gasteiger partial charge in [0.1, 0.15) is 5.69 Å². The minimum atomic E-state index is -0.513. The molecular weight excluding hydrogens is 466 g/mol. The summed E-state index contributed by atoms with van der Waals surface area (Å²) in [5.74, 6) is -0.280. The third-order valence-corrected chi connectivity index (χ3v) is 6.97. The Kier molecular flexibility index (Phi) is 5.87. The van der Waals surface area contributed by atoms with Gasteiger partial charge in [0.15, 0.2) is 0 Å². The first kappa shape index (κ1) is 24.0. The lowest BCUT2D eigenvalue weighted by atomic mass is 9.84. The minimum Gasteiger partial charge on any atom is -0.347 e. The Labute approximate surface area is 214 Å². The third kappa shape index (κ3) is 4.06. The van der Waals surface area contributed by atoms with Gasteiger partial charge in [0.05, 0.1) is 10.6 Å². The summed E-state index contributed by atoms with van der Waals surface area (Å²) in [7, 11) is 2.01. The zero-order chi connectivity index (χ0) is 26.3. The number of benzene rings is 2. The van der Waals surface area contributed by atoms with Crippen LogP contribution in [0.4, 0.5) is 17.1 Å². The van der Waals surface area contributed by atoms with Crippen molar-refractivity contribution in [1.82, 2.24) is 4.40 Å². The summed E-state index contributed by atoms with van der Waals surface area (Å²) in [6.07, 6.45) is 5.31. The Hall–Kier alpha value is -4.72. The molecule has 0 spiro atoms. The number of pyridine rings is 1. The van der Waals surface area contributed by atoms with Crippen LogP contribution in [0.15, 0.2) is 89.8 Å². The Morgan fingerprint density at radius 3 is 2.59 bits per heavy atom. The highest BCUT2D eigenvalue weighted by Gasteiger charge is 2.37. The van der Waals surface area contributed by atoms with Crippen molar-refractivity contribution < 1.29 is 9.72 Å². The van der Waals surface area contributed by atoms with Crippen LogP contribution in [0.1, 0.15) is 41.0 Å². The molecule has 0 saturated heterocycles. The van der Waals surface area contributed by atoms with E-state index < -0.39 is 4.92 Å². The molecule has 0 aliphatic carbocycles. The molecule has 1 aliphatic rings. The van der Waals surface area contributed by atoms with Gasteiger partial charge in [0.25, 0.3) is 5.69 Å². The first-order chi connectivity index (χ1) is 17.7. The molecule has 0 amide bonds. The van der Waals surface area contributed by atoms with E-state index >= 15 is 0 Å². The number of anilines is 2. The number of rotatable bonds is 6. The zero-order valence-electron chi connectivity index (χ0n) is 21.1. The SMILES string of the molecule is Cc1cc2ccccn2c1C(=O)c1ccc(NN=CC=C2N(C)c3ccccc3C2(C)C)c([N+](=O)[O-])c1. The highest BCUT2D eigenvalue weighted by atomic mass is 16.6. The molecule has 0 radical (unpaired) electrons. The van der Waals surface area contributed by atoms with Gasteiger partial charge in [-0.05, 0) is 60.5 Å². The molecule has 8 nitrogen and oxygen atoms in total. The number of fused-ring (bicyclic) bond motifs is 2. The van der Waals surface area contributed by atoms with Gasteiger partial charge in [-0.2, -0.15) is 5.10 Å². The highest BCUT2D eigenvalue weighted by Crippen LogP contribution is 2.46. The number of allylic oxidation sites excluding steroid dienone is 2. The molecule has 0 saturated carbocycles. The molecule has 4 aromatic rings. The first-order valence-electron chi connectivity index (χ1n) is 11.9. The number of likely N-dealkylation sites (N-methyl/N-ethyl adjacent to an activating group) is 1. The van der Waals surface area contributed by atoms with E-state index in [2.05, 4.69) is 41.4 Å². The summed E-state index contributed by atoms with van der Waals surface area (Å²) in [6.45, 7) is 6.16. The van der Waals surface area contributed by atoms with Gasteiger partial charge in [-0.3, -0.25) is 20.3 Å². The van der Waals surface area contributed by atoms with Gasteiger partial charge in [-0.1, -0.05) is 38.1 Å². The lowest BCUT2D eigenvalue weighted by molar-refractivity contribution is -0.384. The number of nitro benzene ring substituents is 1. The average Bonchev–Trinajstić information content (AvgIpc) is 3.32. The monoisotopic (exact) mass is 493 g/mol. The van der Waals surface area contributed by atoms with Gasteiger partial charge in [0, 0.05) is 53.4 Å². The Morgan fingerprint density at radius 2 is 1.84 bits per heavy atom. The number of nitro groups is 1.